The molecule has 1 amide bonds. The van der Waals surface area contributed by atoms with Gasteiger partial charge in [0, 0.05) is 24.2 Å². The monoisotopic (exact) mass is 257 g/mol. The summed E-state index contributed by atoms with van der Waals surface area (Å²) in [7, 11) is 0. The molecule has 1 aromatic heterocycles. The predicted molar refractivity (Wildman–Crippen MR) is 71.0 cm³/mol. The molecule has 0 aliphatic carbocycles. The maximum absolute atomic E-state index is 12.4. The molecule has 0 spiro atoms. The molecule has 0 bridgehead atoms. The third-order valence-electron chi connectivity index (χ3n) is 3.49. The Labute approximate surface area is 111 Å². The largest absolute Gasteiger partial charge is 0.364 e. The smallest absolute Gasteiger partial charge is 0.280 e. The summed E-state index contributed by atoms with van der Waals surface area (Å²) < 4.78 is 4.74. The zero-order chi connectivity index (χ0) is 13.2. The van der Waals surface area contributed by atoms with Crippen molar-refractivity contribution < 1.29 is 9.32 Å². The van der Waals surface area contributed by atoms with E-state index in [4.69, 9.17) is 10.3 Å². The zero-order valence-electron chi connectivity index (χ0n) is 10.5. The Morgan fingerprint density at radius 3 is 3.00 bits per heavy atom. The molecule has 5 nitrogen and oxygen atoms in total. The highest BCUT2D eigenvalue weighted by Gasteiger charge is 2.32. The van der Waals surface area contributed by atoms with E-state index < -0.39 is 0 Å². The third kappa shape index (κ3) is 2.02. The van der Waals surface area contributed by atoms with Gasteiger partial charge < -0.3 is 15.2 Å². The minimum Gasteiger partial charge on any atom is -0.364 e. The number of nitrogens with zero attached hydrogens (tertiary/aromatic N) is 2. The highest BCUT2D eigenvalue weighted by atomic mass is 16.5. The van der Waals surface area contributed by atoms with E-state index >= 15 is 0 Å². The third-order valence-corrected chi connectivity index (χ3v) is 3.49. The van der Waals surface area contributed by atoms with Crippen LogP contribution in [0, 0.1) is 0 Å². The van der Waals surface area contributed by atoms with Crippen LogP contribution in [0.2, 0.25) is 0 Å². The number of benzene rings is 1. The Bertz CT molecular complexity index is 580. The lowest BCUT2D eigenvalue weighted by molar-refractivity contribution is 0.0979. The molecular weight excluding hydrogens is 242 g/mol. The van der Waals surface area contributed by atoms with Gasteiger partial charge in [-0.2, -0.15) is 0 Å². The molecule has 5 heteroatoms. The van der Waals surface area contributed by atoms with Crippen LogP contribution in [0.1, 0.15) is 28.4 Å². The van der Waals surface area contributed by atoms with E-state index in [9.17, 15) is 4.79 Å². The van der Waals surface area contributed by atoms with Crippen molar-refractivity contribution in [2.45, 2.75) is 12.3 Å². The van der Waals surface area contributed by atoms with E-state index in [1.165, 1.54) is 11.8 Å². The van der Waals surface area contributed by atoms with Crippen LogP contribution in [0.4, 0.5) is 5.69 Å². The van der Waals surface area contributed by atoms with Crippen LogP contribution < -0.4 is 10.6 Å². The van der Waals surface area contributed by atoms with Crippen LogP contribution in [0.5, 0.6) is 0 Å². The summed E-state index contributed by atoms with van der Waals surface area (Å²) in [6.45, 7) is 1.27. The van der Waals surface area contributed by atoms with E-state index in [0.29, 0.717) is 24.7 Å². The fourth-order valence-electron chi connectivity index (χ4n) is 2.60. The van der Waals surface area contributed by atoms with Gasteiger partial charge in [-0.05, 0) is 24.6 Å². The molecule has 0 fully saturated rings. The van der Waals surface area contributed by atoms with Gasteiger partial charge in [0.1, 0.15) is 6.26 Å². The molecule has 0 radical (unpaired) electrons. The summed E-state index contributed by atoms with van der Waals surface area (Å²) in [5.74, 6) is 0.178. The molecule has 1 aromatic carbocycles. The normalized spacial score (nSPS) is 17.5. The summed E-state index contributed by atoms with van der Waals surface area (Å²) in [4.78, 5) is 14.2. The van der Waals surface area contributed by atoms with E-state index in [-0.39, 0.29) is 5.91 Å². The van der Waals surface area contributed by atoms with Crippen molar-refractivity contribution in [3.63, 3.8) is 0 Å². The van der Waals surface area contributed by atoms with Crippen LogP contribution >= 0.6 is 0 Å². The molecule has 0 saturated heterocycles. The summed E-state index contributed by atoms with van der Waals surface area (Å²) in [5, 5.41) is 3.71. The second kappa shape index (κ2) is 4.85. The lowest BCUT2D eigenvalue weighted by atomic mass is 9.98. The quantitative estimate of drug-likeness (QED) is 0.909. The zero-order valence-corrected chi connectivity index (χ0v) is 10.5. The van der Waals surface area contributed by atoms with Crippen molar-refractivity contribution in [1.82, 2.24) is 5.16 Å². The van der Waals surface area contributed by atoms with E-state index in [1.54, 1.807) is 11.0 Å². The Hall–Kier alpha value is -2.14. The number of hydrogen-bond acceptors (Lipinski definition) is 4. The minimum absolute atomic E-state index is 0.124. The first kappa shape index (κ1) is 11.9. The number of fused-ring (bicyclic) bond motifs is 1. The summed E-state index contributed by atoms with van der Waals surface area (Å²) in [5.41, 5.74) is 8.12. The van der Waals surface area contributed by atoms with Crippen LogP contribution in [-0.2, 0) is 0 Å². The predicted octanol–water partition coefficient (Wildman–Crippen LogP) is 1.77. The summed E-state index contributed by atoms with van der Waals surface area (Å²) >= 11 is 0. The van der Waals surface area contributed by atoms with Gasteiger partial charge in [-0.25, -0.2) is 0 Å². The van der Waals surface area contributed by atoms with E-state index in [2.05, 4.69) is 11.2 Å². The SMILES string of the molecule is NCCC1CN(C(=O)c2ccon2)c2ccccc21. The second-order valence-corrected chi connectivity index (χ2v) is 4.63. The van der Waals surface area contributed by atoms with Gasteiger partial charge in [-0.1, -0.05) is 23.4 Å². The Kier molecular flexibility index (Phi) is 3.05. The topological polar surface area (TPSA) is 72.4 Å². The molecule has 0 saturated carbocycles. The number of rotatable bonds is 3. The van der Waals surface area contributed by atoms with Crippen LogP contribution in [-0.4, -0.2) is 24.2 Å². The van der Waals surface area contributed by atoms with Crippen molar-refractivity contribution in [2.24, 2.45) is 5.73 Å². The molecule has 98 valence electrons. The number of nitrogens with two attached hydrogens (primary N) is 1. The van der Waals surface area contributed by atoms with Crippen molar-refractivity contribution in [3.05, 3.63) is 47.9 Å². The summed E-state index contributed by atoms with van der Waals surface area (Å²) in [6.07, 6.45) is 2.28. The van der Waals surface area contributed by atoms with Gasteiger partial charge in [0.15, 0.2) is 5.69 Å². The lowest BCUT2D eigenvalue weighted by Gasteiger charge is -2.16. The fourth-order valence-corrected chi connectivity index (χ4v) is 2.60. The van der Waals surface area contributed by atoms with Gasteiger partial charge in [-0.15, -0.1) is 0 Å². The maximum atomic E-state index is 12.4. The first-order chi connectivity index (χ1) is 9.31. The molecule has 3 rings (SSSR count). The summed E-state index contributed by atoms with van der Waals surface area (Å²) in [6, 6.07) is 9.54. The Morgan fingerprint density at radius 1 is 1.42 bits per heavy atom. The molecule has 2 N–H and O–H groups in total. The standard InChI is InChI=1S/C14H15N3O2/c15-7-5-10-9-17(13-4-2-1-3-11(10)13)14(18)12-6-8-19-16-12/h1-4,6,8,10H,5,7,9,15H2. The van der Waals surface area contributed by atoms with Crippen LogP contribution in [0.3, 0.4) is 0 Å². The Balaban J connectivity index is 1.94. The van der Waals surface area contributed by atoms with E-state index in [0.717, 1.165) is 12.1 Å². The van der Waals surface area contributed by atoms with Gasteiger partial charge in [-0.3, -0.25) is 4.79 Å². The average Bonchev–Trinajstić information content (AvgIpc) is 3.07. The number of carbonyl (C=O) groups is 1. The molecule has 19 heavy (non-hydrogen) atoms. The van der Waals surface area contributed by atoms with Crippen molar-refractivity contribution in [2.75, 3.05) is 18.0 Å². The van der Waals surface area contributed by atoms with Crippen LogP contribution in [0.15, 0.2) is 41.1 Å². The minimum atomic E-state index is -0.124. The molecule has 1 atom stereocenters. The first-order valence-corrected chi connectivity index (χ1v) is 6.32. The highest BCUT2D eigenvalue weighted by molar-refractivity contribution is 6.06. The first-order valence-electron chi connectivity index (χ1n) is 6.32. The fraction of sp³-hybridized carbons (Fsp3) is 0.286. The van der Waals surface area contributed by atoms with E-state index in [1.807, 2.05) is 18.2 Å². The number of carbonyl (C=O) groups excluding carboxylic acids is 1. The number of para-hydroxylation sites is 1. The second-order valence-electron chi connectivity index (χ2n) is 4.63. The molecule has 1 unspecified atom stereocenters. The van der Waals surface area contributed by atoms with Crippen LogP contribution in [0.25, 0.3) is 0 Å². The maximum Gasteiger partial charge on any atom is 0.280 e. The van der Waals surface area contributed by atoms with Gasteiger partial charge in [0.2, 0.25) is 0 Å². The lowest BCUT2D eigenvalue weighted by Crippen LogP contribution is -2.30. The molecule has 2 heterocycles. The molecular formula is C14H15N3O2. The highest BCUT2D eigenvalue weighted by Crippen LogP contribution is 2.38. The van der Waals surface area contributed by atoms with Gasteiger partial charge >= 0.3 is 0 Å². The molecule has 2 aromatic rings. The number of aromatic nitrogens is 1. The van der Waals surface area contributed by atoms with Crippen molar-refractivity contribution >= 4 is 11.6 Å². The van der Waals surface area contributed by atoms with Crippen molar-refractivity contribution in [3.8, 4) is 0 Å². The van der Waals surface area contributed by atoms with Gasteiger partial charge in [0.25, 0.3) is 5.91 Å². The van der Waals surface area contributed by atoms with Crippen molar-refractivity contribution in [1.29, 1.82) is 0 Å². The number of hydrogen-bond donors (Lipinski definition) is 1. The Morgan fingerprint density at radius 2 is 2.26 bits per heavy atom. The molecule has 1 aliphatic rings. The number of amides is 1. The average molecular weight is 257 g/mol. The van der Waals surface area contributed by atoms with Gasteiger partial charge in [0.05, 0.1) is 0 Å². The number of anilines is 1. The molecule has 1 aliphatic heterocycles.